The summed E-state index contributed by atoms with van der Waals surface area (Å²) < 4.78 is 0. The number of nitrogens with zero attached hydrogens (tertiary/aromatic N) is 1. The summed E-state index contributed by atoms with van der Waals surface area (Å²) in [5.41, 5.74) is 5.77. The molecule has 0 heterocycles. The topological polar surface area (TPSA) is 78.6 Å². The molecule has 4 N–H and O–H groups in total. The van der Waals surface area contributed by atoms with E-state index in [-0.39, 0.29) is 12.6 Å². The van der Waals surface area contributed by atoms with Crippen LogP contribution in [0.1, 0.15) is 97.8 Å². The predicted octanol–water partition coefficient (Wildman–Crippen LogP) is 4.40. The molecule has 0 aliphatic heterocycles. The second-order valence-electron chi connectivity index (χ2n) is 7.86. The molecule has 0 bridgehead atoms. The average Bonchev–Trinajstić information content (AvgIpc) is 2.66. The highest BCUT2D eigenvalue weighted by molar-refractivity contribution is 5.69. The van der Waals surface area contributed by atoms with Crippen molar-refractivity contribution >= 4 is 5.97 Å². The minimum atomic E-state index is -0.730. The summed E-state index contributed by atoms with van der Waals surface area (Å²) in [6, 6.07) is 0.586. The smallest absolute Gasteiger partial charge is 0.317 e. The van der Waals surface area contributed by atoms with Crippen molar-refractivity contribution in [2.45, 2.75) is 110 Å². The minimum absolute atomic E-state index is 0.136. The predicted molar refractivity (Wildman–Crippen MR) is 116 cm³/mol. The summed E-state index contributed by atoms with van der Waals surface area (Å²) in [4.78, 5) is 13.4. The van der Waals surface area contributed by atoms with Crippen LogP contribution in [-0.2, 0) is 4.79 Å². The third kappa shape index (κ3) is 15.0. The van der Waals surface area contributed by atoms with Gasteiger partial charge in [0.25, 0.3) is 0 Å². The van der Waals surface area contributed by atoms with E-state index in [1.54, 1.807) is 0 Å². The first-order valence-electron chi connectivity index (χ1n) is 11.5. The number of rotatable bonds is 20. The van der Waals surface area contributed by atoms with Gasteiger partial charge >= 0.3 is 5.97 Å². The van der Waals surface area contributed by atoms with Crippen LogP contribution in [-0.4, -0.2) is 54.2 Å². The maximum atomic E-state index is 11.3. The molecule has 2 atom stereocenters. The molecule has 162 valence electrons. The third-order valence-corrected chi connectivity index (χ3v) is 5.54. The van der Waals surface area contributed by atoms with Crippen molar-refractivity contribution in [3.05, 3.63) is 0 Å². The Kier molecular flexibility index (Phi) is 18.3. The van der Waals surface area contributed by atoms with E-state index in [1.807, 2.05) is 0 Å². The molecular weight excluding hydrogens is 338 g/mol. The molecule has 2 unspecified atom stereocenters. The van der Waals surface area contributed by atoms with Crippen LogP contribution in [0.4, 0.5) is 0 Å². The van der Waals surface area contributed by atoms with E-state index in [4.69, 9.17) is 5.73 Å². The summed E-state index contributed by atoms with van der Waals surface area (Å²) in [7, 11) is 0. The van der Waals surface area contributed by atoms with Gasteiger partial charge in [-0.05, 0) is 25.8 Å². The first-order valence-corrected chi connectivity index (χ1v) is 11.5. The van der Waals surface area contributed by atoms with Gasteiger partial charge in [-0.1, -0.05) is 78.6 Å². The van der Waals surface area contributed by atoms with Crippen molar-refractivity contribution in [1.29, 1.82) is 0 Å². The summed E-state index contributed by atoms with van der Waals surface area (Å²) in [6.07, 6.45) is 15.0. The molecular formula is C22H47N3O2. The summed E-state index contributed by atoms with van der Waals surface area (Å²) in [5, 5.41) is 12.8. The molecule has 0 spiro atoms. The molecule has 0 aliphatic carbocycles. The maximum Gasteiger partial charge on any atom is 0.317 e. The van der Waals surface area contributed by atoms with Gasteiger partial charge in [-0.15, -0.1) is 0 Å². The van der Waals surface area contributed by atoms with Gasteiger partial charge in [-0.25, -0.2) is 0 Å². The fraction of sp³-hybridized carbons (Fsp3) is 0.955. The van der Waals surface area contributed by atoms with E-state index in [1.165, 1.54) is 57.8 Å². The summed E-state index contributed by atoms with van der Waals surface area (Å²) in [5.74, 6) is -0.730. The molecule has 0 aromatic carbocycles. The largest absolute Gasteiger partial charge is 0.480 e. The highest BCUT2D eigenvalue weighted by Crippen LogP contribution is 2.12. The van der Waals surface area contributed by atoms with Crippen molar-refractivity contribution in [3.8, 4) is 0 Å². The van der Waals surface area contributed by atoms with Crippen molar-refractivity contribution in [2.24, 2.45) is 5.73 Å². The molecule has 0 aromatic rings. The zero-order valence-electron chi connectivity index (χ0n) is 18.3. The highest BCUT2D eigenvalue weighted by Gasteiger charge is 2.19. The fourth-order valence-corrected chi connectivity index (χ4v) is 3.60. The average molecular weight is 386 g/mol. The van der Waals surface area contributed by atoms with Crippen LogP contribution in [0.3, 0.4) is 0 Å². The normalized spacial score (nSPS) is 13.8. The van der Waals surface area contributed by atoms with Gasteiger partial charge in [0.1, 0.15) is 0 Å². The minimum Gasteiger partial charge on any atom is -0.480 e. The lowest BCUT2D eigenvalue weighted by Gasteiger charge is -2.31. The zero-order chi connectivity index (χ0) is 20.3. The number of carbonyl (C=O) groups is 1. The molecule has 0 saturated carbocycles. The van der Waals surface area contributed by atoms with Crippen LogP contribution in [0.25, 0.3) is 0 Å². The number of carboxylic acids is 1. The molecule has 0 rings (SSSR count). The van der Waals surface area contributed by atoms with Crippen molar-refractivity contribution in [3.63, 3.8) is 0 Å². The molecule has 27 heavy (non-hydrogen) atoms. The van der Waals surface area contributed by atoms with E-state index in [0.717, 1.165) is 32.4 Å². The number of unbranched alkanes of at least 4 members (excludes halogenated alkanes) is 9. The summed E-state index contributed by atoms with van der Waals surface area (Å²) in [6.45, 7) is 8.99. The Bertz CT molecular complexity index is 336. The molecule has 5 heteroatoms. The molecule has 5 nitrogen and oxygen atoms in total. The van der Waals surface area contributed by atoms with Gasteiger partial charge in [0.2, 0.25) is 0 Å². The molecule has 0 radical (unpaired) electrons. The van der Waals surface area contributed by atoms with Gasteiger partial charge in [0.05, 0.1) is 6.54 Å². The van der Waals surface area contributed by atoms with E-state index in [0.29, 0.717) is 12.6 Å². The number of aliphatic carboxylic acids is 1. The van der Waals surface area contributed by atoms with E-state index < -0.39 is 5.97 Å². The Hall–Kier alpha value is -0.650. The number of nitrogens with two attached hydrogens (primary N) is 1. The van der Waals surface area contributed by atoms with Gasteiger partial charge < -0.3 is 16.2 Å². The molecule has 0 fully saturated rings. The lowest BCUT2D eigenvalue weighted by Crippen LogP contribution is -2.48. The number of hydrogen-bond donors (Lipinski definition) is 3. The van der Waals surface area contributed by atoms with E-state index in [2.05, 4.69) is 31.0 Å². The second kappa shape index (κ2) is 18.7. The third-order valence-electron chi connectivity index (χ3n) is 5.54. The number of carboxylic acid groups (broad SMARTS) is 1. The maximum absolute atomic E-state index is 11.3. The first-order chi connectivity index (χ1) is 13.1. The lowest BCUT2D eigenvalue weighted by molar-refractivity contribution is -0.139. The van der Waals surface area contributed by atoms with Crippen LogP contribution in [0, 0.1) is 0 Å². The van der Waals surface area contributed by atoms with Crippen LogP contribution >= 0.6 is 0 Å². The van der Waals surface area contributed by atoms with Gasteiger partial charge in [-0.3, -0.25) is 9.69 Å². The van der Waals surface area contributed by atoms with Crippen molar-refractivity contribution in [1.82, 2.24) is 10.2 Å². The number of nitrogens with one attached hydrogen (secondary N) is 1. The Labute approximate surface area is 168 Å². The van der Waals surface area contributed by atoms with Crippen LogP contribution < -0.4 is 11.1 Å². The second-order valence-corrected chi connectivity index (χ2v) is 7.86. The zero-order valence-corrected chi connectivity index (χ0v) is 18.3. The van der Waals surface area contributed by atoms with E-state index >= 15 is 0 Å². The monoisotopic (exact) mass is 385 g/mol. The van der Waals surface area contributed by atoms with Gasteiger partial charge in [-0.2, -0.15) is 0 Å². The van der Waals surface area contributed by atoms with Crippen LogP contribution in [0.15, 0.2) is 0 Å². The SMILES string of the molecule is CCCCCCCCCCCCN(CC(=O)O)C(CC)CNC(CC)CN. The van der Waals surface area contributed by atoms with Crippen molar-refractivity contribution < 1.29 is 9.90 Å². The summed E-state index contributed by atoms with van der Waals surface area (Å²) >= 11 is 0. The fourth-order valence-electron chi connectivity index (χ4n) is 3.60. The van der Waals surface area contributed by atoms with Crippen molar-refractivity contribution in [2.75, 3.05) is 26.2 Å². The molecule has 0 saturated heterocycles. The van der Waals surface area contributed by atoms with Gasteiger partial charge in [0, 0.05) is 25.2 Å². The lowest BCUT2D eigenvalue weighted by atomic mass is 10.1. The highest BCUT2D eigenvalue weighted by atomic mass is 16.4. The van der Waals surface area contributed by atoms with E-state index in [9.17, 15) is 9.90 Å². The first kappa shape index (κ1) is 26.4. The van der Waals surface area contributed by atoms with Gasteiger partial charge in [0.15, 0.2) is 0 Å². The number of hydrogen-bond acceptors (Lipinski definition) is 4. The Morgan fingerprint density at radius 3 is 1.93 bits per heavy atom. The standard InChI is InChI=1S/C22H47N3O2/c1-4-7-8-9-10-11-12-13-14-15-16-25(19-22(26)27)21(6-3)18-24-20(5-2)17-23/h20-21,24H,4-19,23H2,1-3H3,(H,26,27). The quantitative estimate of drug-likeness (QED) is 0.271. The Morgan fingerprint density at radius 2 is 1.48 bits per heavy atom. The van der Waals surface area contributed by atoms with Crippen LogP contribution in [0.5, 0.6) is 0 Å². The Morgan fingerprint density at radius 1 is 0.926 bits per heavy atom. The molecule has 0 aromatic heterocycles. The Balaban J connectivity index is 4.08. The van der Waals surface area contributed by atoms with Crippen LogP contribution in [0.2, 0.25) is 0 Å². The molecule has 0 amide bonds. The molecule has 0 aliphatic rings.